The molecule has 0 heterocycles. The maximum absolute atomic E-state index is 12.1. The highest BCUT2D eigenvalue weighted by Crippen LogP contribution is 2.14. The van der Waals surface area contributed by atoms with E-state index in [4.69, 9.17) is 11.6 Å². The molecule has 0 aliphatic heterocycles. The van der Waals surface area contributed by atoms with Crippen LogP contribution in [0.2, 0.25) is 5.02 Å². The minimum absolute atomic E-state index is 0.278. The zero-order valence-corrected chi connectivity index (χ0v) is 17.3. The number of rotatable bonds is 7. The van der Waals surface area contributed by atoms with E-state index < -0.39 is 10.0 Å². The molecular weight excluding hydrogens is 384 g/mol. The van der Waals surface area contributed by atoms with Gasteiger partial charge < -0.3 is 10.6 Å². The first-order valence-corrected chi connectivity index (χ1v) is 10.3. The van der Waals surface area contributed by atoms with Crippen LogP contribution in [0.3, 0.4) is 0 Å². The fraction of sp³-hybridized carbons (Fsp3) is 0.316. The first-order chi connectivity index (χ1) is 12.8. The van der Waals surface area contributed by atoms with E-state index in [9.17, 15) is 8.42 Å². The zero-order valence-electron chi connectivity index (χ0n) is 15.7. The lowest BCUT2D eigenvalue weighted by atomic mass is 10.1. The maximum atomic E-state index is 12.1. The van der Waals surface area contributed by atoms with E-state index in [-0.39, 0.29) is 4.90 Å². The molecule has 0 bridgehead atoms. The molecule has 2 rings (SSSR count). The number of hydrogen-bond acceptors (Lipinski definition) is 3. The highest BCUT2D eigenvalue weighted by Gasteiger charge is 2.16. The normalized spacial score (nSPS) is 12.3. The Balaban J connectivity index is 1.85. The maximum Gasteiger partial charge on any atom is 0.242 e. The van der Waals surface area contributed by atoms with E-state index in [2.05, 4.69) is 15.6 Å². The van der Waals surface area contributed by atoms with Crippen molar-refractivity contribution >= 4 is 27.6 Å². The Morgan fingerprint density at radius 3 is 2.37 bits per heavy atom. The Morgan fingerprint density at radius 2 is 1.78 bits per heavy atom. The molecule has 2 N–H and O–H groups in total. The van der Waals surface area contributed by atoms with E-state index in [0.29, 0.717) is 12.5 Å². The quantitative estimate of drug-likeness (QED) is 0.545. The predicted molar refractivity (Wildman–Crippen MR) is 111 cm³/mol. The summed E-state index contributed by atoms with van der Waals surface area (Å²) < 4.78 is 25.4. The van der Waals surface area contributed by atoms with Gasteiger partial charge in [0.1, 0.15) is 0 Å². The third-order valence-electron chi connectivity index (χ3n) is 3.98. The summed E-state index contributed by atoms with van der Waals surface area (Å²) in [6.45, 7) is 1.26. The molecule has 0 saturated carbocycles. The fourth-order valence-electron chi connectivity index (χ4n) is 2.41. The van der Waals surface area contributed by atoms with Gasteiger partial charge in [-0.2, -0.15) is 0 Å². The molecule has 0 atom stereocenters. The van der Waals surface area contributed by atoms with Crippen LogP contribution < -0.4 is 10.6 Å². The Labute approximate surface area is 166 Å². The van der Waals surface area contributed by atoms with Crippen molar-refractivity contribution in [1.29, 1.82) is 0 Å². The highest BCUT2D eigenvalue weighted by molar-refractivity contribution is 7.89. The summed E-state index contributed by atoms with van der Waals surface area (Å²) in [4.78, 5) is 4.48. The van der Waals surface area contributed by atoms with Gasteiger partial charge in [0.25, 0.3) is 0 Å². The van der Waals surface area contributed by atoms with Crippen LogP contribution >= 0.6 is 11.6 Å². The topological polar surface area (TPSA) is 73.8 Å². The van der Waals surface area contributed by atoms with Gasteiger partial charge in [-0.3, -0.25) is 4.99 Å². The second kappa shape index (κ2) is 9.73. The summed E-state index contributed by atoms with van der Waals surface area (Å²) in [5.41, 5.74) is 2.12. The number of guanidine groups is 1. The van der Waals surface area contributed by atoms with Gasteiger partial charge in [0.15, 0.2) is 5.96 Å². The number of nitrogens with zero attached hydrogens (tertiary/aromatic N) is 2. The van der Waals surface area contributed by atoms with E-state index in [1.165, 1.54) is 18.4 Å². The number of nitrogens with one attached hydrogen (secondary N) is 2. The molecule has 0 radical (unpaired) electrons. The van der Waals surface area contributed by atoms with Crippen molar-refractivity contribution in [3.63, 3.8) is 0 Å². The first kappa shape index (κ1) is 21.2. The SMILES string of the molecule is CN=C(NCCc1cccc(Cl)c1)NCc1ccc(S(=O)(=O)N(C)C)cc1. The predicted octanol–water partition coefficient (Wildman–Crippen LogP) is 2.50. The molecule has 2 aromatic rings. The lowest BCUT2D eigenvalue weighted by molar-refractivity contribution is 0.520. The number of halogens is 1. The molecule has 0 unspecified atom stereocenters. The molecule has 0 spiro atoms. The van der Waals surface area contributed by atoms with Crippen molar-refractivity contribution in [3.8, 4) is 0 Å². The number of hydrogen-bond donors (Lipinski definition) is 2. The number of aliphatic imine (C=N–C) groups is 1. The van der Waals surface area contributed by atoms with Crippen LogP contribution in [-0.4, -0.2) is 46.4 Å². The largest absolute Gasteiger partial charge is 0.356 e. The number of benzene rings is 2. The molecule has 0 aliphatic rings. The summed E-state index contributed by atoms with van der Waals surface area (Å²) in [5.74, 6) is 0.682. The Hall–Kier alpha value is -2.09. The number of sulfonamides is 1. The Bertz CT molecular complexity index is 881. The molecule has 0 fully saturated rings. The molecule has 0 aromatic heterocycles. The summed E-state index contributed by atoms with van der Waals surface area (Å²) in [6, 6.07) is 14.6. The van der Waals surface area contributed by atoms with Crippen LogP contribution in [0.4, 0.5) is 0 Å². The van der Waals surface area contributed by atoms with Crippen molar-refractivity contribution in [2.24, 2.45) is 4.99 Å². The van der Waals surface area contributed by atoms with Crippen molar-refractivity contribution in [2.45, 2.75) is 17.9 Å². The van der Waals surface area contributed by atoms with Gasteiger partial charge in [0.2, 0.25) is 10.0 Å². The molecular formula is C19H25ClN4O2S. The van der Waals surface area contributed by atoms with E-state index in [1.807, 2.05) is 24.3 Å². The zero-order chi connectivity index (χ0) is 19.9. The van der Waals surface area contributed by atoms with Crippen LogP contribution in [-0.2, 0) is 23.0 Å². The molecule has 2 aromatic carbocycles. The Kier molecular flexibility index (Phi) is 7.65. The minimum Gasteiger partial charge on any atom is -0.356 e. The molecule has 6 nitrogen and oxygen atoms in total. The van der Waals surface area contributed by atoms with Crippen LogP contribution in [0.15, 0.2) is 58.4 Å². The molecule has 8 heteroatoms. The lowest BCUT2D eigenvalue weighted by Crippen LogP contribution is -2.37. The molecule has 0 saturated heterocycles. The van der Waals surface area contributed by atoms with E-state index in [1.54, 1.807) is 31.3 Å². The average molecular weight is 409 g/mol. The highest BCUT2D eigenvalue weighted by atomic mass is 35.5. The first-order valence-electron chi connectivity index (χ1n) is 8.53. The molecule has 27 heavy (non-hydrogen) atoms. The van der Waals surface area contributed by atoms with Crippen molar-refractivity contribution < 1.29 is 8.42 Å². The van der Waals surface area contributed by atoms with Gasteiger partial charge in [-0.1, -0.05) is 35.9 Å². The van der Waals surface area contributed by atoms with Crippen LogP contribution in [0.1, 0.15) is 11.1 Å². The monoisotopic (exact) mass is 408 g/mol. The van der Waals surface area contributed by atoms with Gasteiger partial charge >= 0.3 is 0 Å². The molecule has 0 amide bonds. The van der Waals surface area contributed by atoms with Crippen molar-refractivity contribution in [2.75, 3.05) is 27.7 Å². The van der Waals surface area contributed by atoms with Gasteiger partial charge in [-0.25, -0.2) is 12.7 Å². The smallest absolute Gasteiger partial charge is 0.242 e. The van der Waals surface area contributed by atoms with E-state index >= 15 is 0 Å². The van der Waals surface area contributed by atoms with Crippen LogP contribution in [0, 0.1) is 0 Å². The van der Waals surface area contributed by atoms with Gasteiger partial charge in [-0.05, 0) is 41.8 Å². The van der Waals surface area contributed by atoms with Gasteiger partial charge in [0, 0.05) is 39.3 Å². The summed E-state index contributed by atoms with van der Waals surface area (Å²) in [5, 5.41) is 7.20. The molecule has 146 valence electrons. The standard InChI is InChI=1S/C19H25ClN4O2S/c1-21-19(22-12-11-15-5-4-6-17(20)13-15)23-14-16-7-9-18(10-8-16)27(25,26)24(2)3/h4-10,13H,11-12,14H2,1-3H3,(H2,21,22,23). The lowest BCUT2D eigenvalue weighted by Gasteiger charge is -2.13. The van der Waals surface area contributed by atoms with Crippen LogP contribution in [0.25, 0.3) is 0 Å². The van der Waals surface area contributed by atoms with Crippen molar-refractivity contribution in [3.05, 3.63) is 64.7 Å². The van der Waals surface area contributed by atoms with Crippen LogP contribution in [0.5, 0.6) is 0 Å². The second-order valence-corrected chi connectivity index (χ2v) is 8.75. The summed E-state index contributed by atoms with van der Waals surface area (Å²) in [7, 11) is 1.34. The molecule has 0 aliphatic carbocycles. The van der Waals surface area contributed by atoms with Crippen molar-refractivity contribution in [1.82, 2.24) is 14.9 Å². The Morgan fingerprint density at radius 1 is 1.07 bits per heavy atom. The summed E-state index contributed by atoms with van der Waals surface area (Å²) >= 11 is 5.99. The fourth-order valence-corrected chi connectivity index (χ4v) is 3.53. The van der Waals surface area contributed by atoms with Gasteiger partial charge in [-0.15, -0.1) is 0 Å². The van der Waals surface area contributed by atoms with E-state index in [0.717, 1.165) is 29.1 Å². The minimum atomic E-state index is -3.40. The second-order valence-electron chi connectivity index (χ2n) is 6.16. The summed E-state index contributed by atoms with van der Waals surface area (Å²) in [6.07, 6.45) is 0.832. The third-order valence-corrected chi connectivity index (χ3v) is 6.05. The van der Waals surface area contributed by atoms with Gasteiger partial charge in [0.05, 0.1) is 4.90 Å². The third kappa shape index (κ3) is 6.23. The average Bonchev–Trinajstić information content (AvgIpc) is 2.64.